The summed E-state index contributed by atoms with van der Waals surface area (Å²) in [6.07, 6.45) is -0.623. The summed E-state index contributed by atoms with van der Waals surface area (Å²) in [6, 6.07) is -1.89. The van der Waals surface area contributed by atoms with E-state index in [1.54, 1.807) is 20.8 Å². The number of nitrogens with zero attached hydrogens (tertiary/aromatic N) is 2. The molecule has 0 atom stereocenters. The number of urea groups is 2. The van der Waals surface area contributed by atoms with Crippen LogP contribution in [0.2, 0.25) is 0 Å². The van der Waals surface area contributed by atoms with Gasteiger partial charge in [0.2, 0.25) is 0 Å². The molecule has 0 saturated carbocycles. The van der Waals surface area contributed by atoms with Crippen LogP contribution in [0.25, 0.3) is 0 Å². The fourth-order valence-corrected chi connectivity index (χ4v) is 1.55. The third kappa shape index (κ3) is 4.11. The van der Waals surface area contributed by atoms with Crippen molar-refractivity contribution in [3.63, 3.8) is 0 Å². The molecule has 9 nitrogen and oxygen atoms in total. The molecule has 1 fully saturated rings. The zero-order valence-corrected chi connectivity index (χ0v) is 11.6. The van der Waals surface area contributed by atoms with E-state index in [4.69, 9.17) is 10.5 Å². The van der Waals surface area contributed by atoms with Crippen LogP contribution in [-0.2, 0) is 9.53 Å². The predicted molar refractivity (Wildman–Crippen MR) is 67.6 cm³/mol. The van der Waals surface area contributed by atoms with E-state index < -0.39 is 29.7 Å². The van der Waals surface area contributed by atoms with E-state index in [-0.39, 0.29) is 19.6 Å². The zero-order valence-electron chi connectivity index (χ0n) is 11.6. The molecule has 1 saturated heterocycles. The fraction of sp³-hybridized carbons (Fsp3) is 0.636. The summed E-state index contributed by atoms with van der Waals surface area (Å²) in [6.45, 7) is 5.10. The molecule has 0 aromatic heterocycles. The van der Waals surface area contributed by atoms with Crippen molar-refractivity contribution in [3.05, 3.63) is 0 Å². The first-order chi connectivity index (χ1) is 9.11. The van der Waals surface area contributed by atoms with Crippen molar-refractivity contribution >= 4 is 24.1 Å². The average Bonchev–Trinajstić information content (AvgIpc) is 2.51. The molecule has 0 radical (unpaired) electrons. The van der Waals surface area contributed by atoms with Crippen molar-refractivity contribution < 1.29 is 23.9 Å². The van der Waals surface area contributed by atoms with Crippen LogP contribution in [0.3, 0.4) is 0 Å². The third-order valence-electron chi connectivity index (χ3n) is 2.31. The van der Waals surface area contributed by atoms with E-state index in [2.05, 4.69) is 5.32 Å². The Hall–Kier alpha value is -2.32. The summed E-state index contributed by atoms with van der Waals surface area (Å²) in [5.41, 5.74) is 4.30. The number of hydrogen-bond acceptors (Lipinski definition) is 5. The van der Waals surface area contributed by atoms with Gasteiger partial charge in [-0.05, 0) is 20.8 Å². The lowest BCUT2D eigenvalue weighted by Gasteiger charge is -2.20. The molecule has 0 aromatic rings. The molecule has 1 aliphatic heterocycles. The minimum Gasteiger partial charge on any atom is -0.444 e. The molecule has 0 unspecified atom stereocenters. The van der Waals surface area contributed by atoms with Crippen LogP contribution in [-0.4, -0.2) is 59.1 Å². The van der Waals surface area contributed by atoms with Crippen LogP contribution in [0.4, 0.5) is 14.4 Å². The maximum absolute atomic E-state index is 11.6. The summed E-state index contributed by atoms with van der Waals surface area (Å²) in [5, 5.41) is 2.44. The van der Waals surface area contributed by atoms with Crippen molar-refractivity contribution in [1.82, 2.24) is 15.1 Å². The van der Waals surface area contributed by atoms with Gasteiger partial charge in [-0.1, -0.05) is 0 Å². The number of nitrogens with one attached hydrogen (secondary N) is 1. The summed E-state index contributed by atoms with van der Waals surface area (Å²) in [5.74, 6) is -0.681. The molecule has 3 N–H and O–H groups in total. The molecule has 1 rings (SSSR count). The highest BCUT2D eigenvalue weighted by atomic mass is 16.6. The van der Waals surface area contributed by atoms with Crippen LogP contribution in [0.15, 0.2) is 0 Å². The molecule has 1 heterocycles. The Labute approximate surface area is 116 Å². The van der Waals surface area contributed by atoms with Gasteiger partial charge >= 0.3 is 18.2 Å². The number of rotatable bonds is 3. The fourth-order valence-electron chi connectivity index (χ4n) is 1.55. The molecule has 9 heteroatoms. The van der Waals surface area contributed by atoms with E-state index in [0.29, 0.717) is 4.90 Å². The minimum absolute atomic E-state index is 0.0770. The Morgan fingerprint density at radius 3 is 2.40 bits per heavy atom. The maximum Gasteiger partial charge on any atom is 0.407 e. The molecular formula is C11H18N4O5. The lowest BCUT2D eigenvalue weighted by atomic mass is 10.2. The van der Waals surface area contributed by atoms with Gasteiger partial charge in [0, 0.05) is 13.1 Å². The number of hydrogen-bond donors (Lipinski definition) is 2. The highest BCUT2D eigenvalue weighted by molar-refractivity contribution is 6.14. The van der Waals surface area contributed by atoms with Crippen molar-refractivity contribution in [2.45, 2.75) is 26.4 Å². The smallest absolute Gasteiger partial charge is 0.407 e. The number of nitrogens with two attached hydrogens (primary N) is 1. The molecule has 112 valence electrons. The Bertz CT molecular complexity index is 443. The van der Waals surface area contributed by atoms with E-state index in [1.807, 2.05) is 0 Å². The van der Waals surface area contributed by atoms with Crippen molar-refractivity contribution in [2.24, 2.45) is 5.73 Å². The molecule has 0 bridgehead atoms. The van der Waals surface area contributed by atoms with Gasteiger partial charge in [0.05, 0.1) is 0 Å². The van der Waals surface area contributed by atoms with Crippen molar-refractivity contribution in [3.8, 4) is 0 Å². The van der Waals surface area contributed by atoms with Gasteiger partial charge in [-0.3, -0.25) is 4.79 Å². The molecule has 1 aliphatic rings. The Kier molecular flexibility index (Phi) is 4.53. The van der Waals surface area contributed by atoms with Gasteiger partial charge in [-0.25, -0.2) is 14.4 Å². The average molecular weight is 286 g/mol. The highest BCUT2D eigenvalue weighted by Gasteiger charge is 2.39. The van der Waals surface area contributed by atoms with Crippen LogP contribution in [0.5, 0.6) is 0 Å². The Balaban J connectivity index is 2.41. The predicted octanol–water partition coefficient (Wildman–Crippen LogP) is -0.146. The number of amides is 6. The Morgan fingerprint density at radius 1 is 1.35 bits per heavy atom. The second-order valence-corrected chi connectivity index (χ2v) is 5.20. The van der Waals surface area contributed by atoms with E-state index >= 15 is 0 Å². The van der Waals surface area contributed by atoms with Gasteiger partial charge < -0.3 is 20.7 Å². The molecule has 0 aromatic carbocycles. The van der Waals surface area contributed by atoms with Gasteiger partial charge in [-0.2, -0.15) is 4.90 Å². The first-order valence-corrected chi connectivity index (χ1v) is 6.00. The molecule has 20 heavy (non-hydrogen) atoms. The summed E-state index contributed by atoms with van der Waals surface area (Å²) < 4.78 is 5.00. The first kappa shape index (κ1) is 15.7. The second kappa shape index (κ2) is 5.76. The van der Waals surface area contributed by atoms with Crippen molar-refractivity contribution in [1.29, 1.82) is 0 Å². The van der Waals surface area contributed by atoms with Gasteiger partial charge in [-0.15, -0.1) is 0 Å². The largest absolute Gasteiger partial charge is 0.444 e. The van der Waals surface area contributed by atoms with Gasteiger partial charge in [0.1, 0.15) is 12.1 Å². The number of carbonyl (C=O) groups is 4. The summed E-state index contributed by atoms with van der Waals surface area (Å²) in [7, 11) is 0. The number of primary amides is 1. The number of carbonyl (C=O) groups excluding carboxylic acids is 4. The monoisotopic (exact) mass is 286 g/mol. The van der Waals surface area contributed by atoms with Crippen molar-refractivity contribution in [2.75, 3.05) is 19.6 Å². The van der Waals surface area contributed by atoms with E-state index in [9.17, 15) is 19.2 Å². The van der Waals surface area contributed by atoms with Crippen LogP contribution < -0.4 is 11.1 Å². The van der Waals surface area contributed by atoms with Crippen LogP contribution >= 0.6 is 0 Å². The first-order valence-electron chi connectivity index (χ1n) is 6.00. The van der Waals surface area contributed by atoms with Crippen LogP contribution in [0.1, 0.15) is 20.8 Å². The highest BCUT2D eigenvalue weighted by Crippen LogP contribution is 2.09. The zero-order chi connectivity index (χ0) is 15.5. The van der Waals surface area contributed by atoms with Gasteiger partial charge in [0.15, 0.2) is 0 Å². The quantitative estimate of drug-likeness (QED) is 0.699. The molecule has 6 amide bonds. The number of alkyl carbamates (subject to hydrolysis) is 1. The number of ether oxygens (including phenoxy) is 1. The standard InChI is InChI=1S/C11H18N4O5/c1-11(2,3)20-9(18)13-4-5-14-6-7(16)15(8(12)17)10(14)19/h4-6H2,1-3H3,(H2,12,17)(H,13,18). The van der Waals surface area contributed by atoms with Gasteiger partial charge in [0.25, 0.3) is 5.91 Å². The third-order valence-corrected chi connectivity index (χ3v) is 2.31. The molecule has 0 spiro atoms. The second-order valence-electron chi connectivity index (χ2n) is 5.20. The topological polar surface area (TPSA) is 122 Å². The lowest BCUT2D eigenvalue weighted by molar-refractivity contribution is -0.123. The summed E-state index contributed by atoms with van der Waals surface area (Å²) >= 11 is 0. The molecular weight excluding hydrogens is 268 g/mol. The summed E-state index contributed by atoms with van der Waals surface area (Å²) in [4.78, 5) is 46.8. The number of imide groups is 3. The minimum atomic E-state index is -1.11. The van der Waals surface area contributed by atoms with E-state index in [0.717, 1.165) is 4.90 Å². The Morgan fingerprint density at radius 2 is 1.95 bits per heavy atom. The van der Waals surface area contributed by atoms with Crippen LogP contribution in [0, 0.1) is 0 Å². The van der Waals surface area contributed by atoms with E-state index in [1.165, 1.54) is 0 Å². The molecule has 0 aliphatic carbocycles. The lowest BCUT2D eigenvalue weighted by Crippen LogP contribution is -2.43. The normalized spacial score (nSPS) is 15.6. The maximum atomic E-state index is 11.6. The SMILES string of the molecule is CC(C)(C)OC(=O)NCCN1CC(=O)N(C(N)=O)C1=O.